The van der Waals surface area contributed by atoms with E-state index in [1.807, 2.05) is 13.0 Å². The van der Waals surface area contributed by atoms with Gasteiger partial charge in [0.2, 0.25) is 0 Å². The highest BCUT2D eigenvalue weighted by Crippen LogP contribution is 2.28. The van der Waals surface area contributed by atoms with Crippen LogP contribution in [0.25, 0.3) is 17.0 Å². The molecular weight excluding hydrogens is 380 g/mol. The number of nitrogens with one attached hydrogen (secondary N) is 1. The van der Waals surface area contributed by atoms with Crippen LogP contribution < -0.4 is 15.5 Å². The van der Waals surface area contributed by atoms with Crippen molar-refractivity contribution in [2.45, 2.75) is 6.92 Å². The van der Waals surface area contributed by atoms with Gasteiger partial charge in [-0.3, -0.25) is 9.59 Å². The second-order valence-electron chi connectivity index (χ2n) is 5.99. The minimum Gasteiger partial charge on any atom is -0.495 e. The molecule has 1 N–H and O–H groups in total. The van der Waals surface area contributed by atoms with E-state index in [9.17, 15) is 14.9 Å². The van der Waals surface area contributed by atoms with E-state index >= 15 is 0 Å². The number of aryl methyl sites for hydroxylation is 1. The van der Waals surface area contributed by atoms with E-state index < -0.39 is 5.91 Å². The smallest absolute Gasteiger partial charge is 0.266 e. The number of carbonyl (C=O) groups is 1. The zero-order valence-electron chi connectivity index (χ0n) is 15.1. The Kier molecular flexibility index (Phi) is 5.48. The molecule has 7 heteroatoms. The van der Waals surface area contributed by atoms with Crippen LogP contribution in [-0.4, -0.2) is 13.0 Å². The molecule has 0 atom stereocenters. The zero-order chi connectivity index (χ0) is 20.3. The van der Waals surface area contributed by atoms with Gasteiger partial charge in [0.1, 0.15) is 29.2 Å². The number of fused-ring (bicyclic) bond motifs is 1. The summed E-state index contributed by atoms with van der Waals surface area (Å²) in [7, 11) is 1.45. The lowest BCUT2D eigenvalue weighted by Gasteiger charge is -2.10. The van der Waals surface area contributed by atoms with Crippen molar-refractivity contribution in [2.24, 2.45) is 0 Å². The summed E-state index contributed by atoms with van der Waals surface area (Å²) < 4.78 is 10.6. The van der Waals surface area contributed by atoms with Crippen LogP contribution in [0.3, 0.4) is 0 Å². The molecule has 0 aliphatic rings. The molecule has 0 unspecified atom stereocenters. The Morgan fingerprint density at radius 1 is 1.29 bits per heavy atom. The second kappa shape index (κ2) is 7.99. The van der Waals surface area contributed by atoms with Gasteiger partial charge < -0.3 is 14.5 Å². The normalized spacial score (nSPS) is 11.1. The fraction of sp³-hybridized carbons (Fsp3) is 0.0952. The van der Waals surface area contributed by atoms with E-state index in [1.54, 1.807) is 30.3 Å². The van der Waals surface area contributed by atoms with Crippen LogP contribution in [0.1, 0.15) is 11.1 Å². The van der Waals surface area contributed by atoms with Gasteiger partial charge >= 0.3 is 0 Å². The van der Waals surface area contributed by atoms with Crippen LogP contribution in [-0.2, 0) is 4.79 Å². The Hall–Kier alpha value is -3.56. The van der Waals surface area contributed by atoms with Gasteiger partial charge in [-0.2, -0.15) is 5.26 Å². The first-order chi connectivity index (χ1) is 13.4. The monoisotopic (exact) mass is 394 g/mol. The van der Waals surface area contributed by atoms with Crippen molar-refractivity contribution in [2.75, 3.05) is 12.4 Å². The molecule has 0 aliphatic heterocycles. The van der Waals surface area contributed by atoms with Gasteiger partial charge in [-0.15, -0.1) is 0 Å². The summed E-state index contributed by atoms with van der Waals surface area (Å²) >= 11 is 5.95. The summed E-state index contributed by atoms with van der Waals surface area (Å²) in [5.41, 5.74) is 1.14. The molecule has 3 aromatic rings. The van der Waals surface area contributed by atoms with Gasteiger partial charge in [-0.1, -0.05) is 23.2 Å². The van der Waals surface area contributed by atoms with Crippen LogP contribution in [0, 0.1) is 18.3 Å². The van der Waals surface area contributed by atoms with Crippen LogP contribution in [0.15, 0.2) is 57.4 Å². The Balaban J connectivity index is 1.99. The quantitative estimate of drug-likeness (QED) is 0.525. The van der Waals surface area contributed by atoms with Crippen LogP contribution in [0.2, 0.25) is 5.02 Å². The number of methoxy groups -OCH3 is 1. The van der Waals surface area contributed by atoms with Crippen LogP contribution in [0.5, 0.6) is 5.75 Å². The molecule has 0 saturated heterocycles. The lowest BCUT2D eigenvalue weighted by Crippen LogP contribution is -2.15. The predicted octanol–water partition coefficient (Wildman–Crippen LogP) is 4.31. The first kappa shape index (κ1) is 19.2. The highest BCUT2D eigenvalue weighted by molar-refractivity contribution is 6.31. The van der Waals surface area contributed by atoms with Gasteiger partial charge in [0.25, 0.3) is 5.91 Å². The molecule has 0 aliphatic carbocycles. The molecule has 140 valence electrons. The SMILES string of the molecule is COc1ccc(Cl)cc1NC(=O)/C(C#N)=C\c1coc2ccc(C)cc2c1=O. The molecule has 0 saturated carbocycles. The number of amides is 1. The molecule has 0 spiro atoms. The second-order valence-corrected chi connectivity index (χ2v) is 6.42. The van der Waals surface area contributed by atoms with Crippen molar-refractivity contribution in [3.8, 4) is 11.8 Å². The number of hydrogen-bond acceptors (Lipinski definition) is 5. The van der Waals surface area contributed by atoms with Gasteiger partial charge in [-0.05, 0) is 43.3 Å². The minimum atomic E-state index is -0.702. The van der Waals surface area contributed by atoms with E-state index in [-0.39, 0.29) is 16.6 Å². The fourth-order valence-corrected chi connectivity index (χ4v) is 2.80. The van der Waals surface area contributed by atoms with Crippen LogP contribution >= 0.6 is 11.6 Å². The highest BCUT2D eigenvalue weighted by atomic mass is 35.5. The molecule has 6 nitrogen and oxygen atoms in total. The Morgan fingerprint density at radius 2 is 2.07 bits per heavy atom. The van der Waals surface area contributed by atoms with E-state index in [0.29, 0.717) is 27.4 Å². The van der Waals surface area contributed by atoms with Crippen molar-refractivity contribution >= 4 is 40.2 Å². The fourth-order valence-electron chi connectivity index (χ4n) is 2.63. The summed E-state index contributed by atoms with van der Waals surface area (Å²) in [6, 6.07) is 11.7. The lowest BCUT2D eigenvalue weighted by atomic mass is 10.1. The average molecular weight is 395 g/mol. The maximum absolute atomic E-state index is 12.7. The van der Waals surface area contributed by atoms with Crippen molar-refractivity contribution in [3.05, 3.63) is 74.6 Å². The number of rotatable bonds is 4. The maximum atomic E-state index is 12.7. The molecule has 28 heavy (non-hydrogen) atoms. The number of nitrogens with zero attached hydrogens (tertiary/aromatic N) is 1. The molecular formula is C21H15ClN2O4. The van der Waals surface area contributed by atoms with Gasteiger partial charge in [0.15, 0.2) is 5.43 Å². The van der Waals surface area contributed by atoms with Crippen molar-refractivity contribution in [1.82, 2.24) is 0 Å². The van der Waals surface area contributed by atoms with Crippen molar-refractivity contribution in [3.63, 3.8) is 0 Å². The number of nitriles is 1. The van der Waals surface area contributed by atoms with E-state index in [1.165, 1.54) is 25.5 Å². The summed E-state index contributed by atoms with van der Waals surface area (Å²) in [4.78, 5) is 25.2. The first-order valence-corrected chi connectivity index (χ1v) is 8.59. The van der Waals surface area contributed by atoms with Gasteiger partial charge in [0.05, 0.1) is 23.7 Å². The molecule has 3 rings (SSSR count). The van der Waals surface area contributed by atoms with E-state index in [0.717, 1.165) is 5.56 Å². The summed E-state index contributed by atoms with van der Waals surface area (Å²) in [6.45, 7) is 1.86. The van der Waals surface area contributed by atoms with Gasteiger partial charge in [-0.25, -0.2) is 0 Å². The number of halogens is 1. The van der Waals surface area contributed by atoms with Gasteiger partial charge in [0, 0.05) is 5.02 Å². The lowest BCUT2D eigenvalue weighted by molar-refractivity contribution is -0.112. The summed E-state index contributed by atoms with van der Waals surface area (Å²) in [6.07, 6.45) is 2.42. The molecule has 1 heterocycles. The Labute approximate surface area is 165 Å². The summed E-state index contributed by atoms with van der Waals surface area (Å²) in [5, 5.41) is 12.7. The Morgan fingerprint density at radius 3 is 2.79 bits per heavy atom. The molecule has 2 aromatic carbocycles. The third kappa shape index (κ3) is 3.90. The minimum absolute atomic E-state index is 0.0999. The number of ether oxygens (including phenoxy) is 1. The number of hydrogen-bond donors (Lipinski definition) is 1. The maximum Gasteiger partial charge on any atom is 0.266 e. The number of benzene rings is 2. The van der Waals surface area contributed by atoms with E-state index in [2.05, 4.69) is 5.32 Å². The highest BCUT2D eigenvalue weighted by Gasteiger charge is 2.15. The van der Waals surface area contributed by atoms with Crippen molar-refractivity contribution in [1.29, 1.82) is 5.26 Å². The summed E-state index contributed by atoms with van der Waals surface area (Å²) in [5.74, 6) is -0.317. The number of carbonyl (C=O) groups excluding carboxylic acids is 1. The van der Waals surface area contributed by atoms with Crippen LogP contribution in [0.4, 0.5) is 5.69 Å². The third-order valence-electron chi connectivity index (χ3n) is 4.03. The first-order valence-electron chi connectivity index (χ1n) is 8.22. The molecule has 1 amide bonds. The number of anilines is 1. The van der Waals surface area contributed by atoms with E-state index in [4.69, 9.17) is 20.8 Å². The van der Waals surface area contributed by atoms with Crippen molar-refractivity contribution < 1.29 is 13.9 Å². The standard InChI is InChI=1S/C21H15ClN2O4/c1-12-3-5-18-16(7-12)20(25)14(11-28-18)8-13(10-23)21(26)24-17-9-15(22)4-6-19(17)27-2/h3-9,11H,1-2H3,(H,24,26)/b13-8-. The predicted molar refractivity (Wildman–Crippen MR) is 107 cm³/mol. The third-order valence-corrected chi connectivity index (χ3v) is 4.26. The largest absolute Gasteiger partial charge is 0.495 e. The topological polar surface area (TPSA) is 92.3 Å². The molecule has 0 radical (unpaired) electrons. The average Bonchev–Trinajstić information content (AvgIpc) is 2.68. The Bertz CT molecular complexity index is 1210. The molecule has 1 aromatic heterocycles. The molecule has 0 fully saturated rings. The zero-order valence-corrected chi connectivity index (χ0v) is 15.8. The molecule has 0 bridgehead atoms.